The largest absolute Gasteiger partial charge is 0.338 e. The van der Waals surface area contributed by atoms with Gasteiger partial charge in [0.1, 0.15) is 6.07 Å². The number of benzene rings is 2. The van der Waals surface area contributed by atoms with Crippen molar-refractivity contribution in [1.29, 1.82) is 5.26 Å². The van der Waals surface area contributed by atoms with E-state index in [1.165, 1.54) is 0 Å². The molecule has 0 fully saturated rings. The lowest BCUT2D eigenvalue weighted by Crippen LogP contribution is -2.01. The molecule has 1 heterocycles. The molecule has 23 heavy (non-hydrogen) atoms. The molecular formula is C19H16N4. The highest BCUT2D eigenvalue weighted by molar-refractivity contribution is 5.65. The van der Waals surface area contributed by atoms with Crippen molar-refractivity contribution in [2.75, 3.05) is 5.32 Å². The van der Waals surface area contributed by atoms with Crippen LogP contribution in [0.1, 0.15) is 16.8 Å². The van der Waals surface area contributed by atoms with Crippen LogP contribution in [0.5, 0.6) is 0 Å². The van der Waals surface area contributed by atoms with Gasteiger partial charge < -0.3 is 5.32 Å². The number of aryl methyl sites for hydroxylation is 2. The smallest absolute Gasteiger partial charge is 0.183 e. The van der Waals surface area contributed by atoms with Crippen LogP contribution in [0.25, 0.3) is 11.3 Å². The monoisotopic (exact) mass is 300 g/mol. The number of aromatic nitrogens is 2. The third-order valence-corrected chi connectivity index (χ3v) is 3.43. The molecule has 112 valence electrons. The highest BCUT2D eigenvalue weighted by Gasteiger charge is 2.09. The maximum Gasteiger partial charge on any atom is 0.183 e. The molecule has 1 aromatic heterocycles. The SMILES string of the molecule is Cc1cc(C)cc(Nc2ncc(-c3ccccc3)nc2C#N)c1. The van der Waals surface area contributed by atoms with Gasteiger partial charge in [-0.1, -0.05) is 36.4 Å². The van der Waals surface area contributed by atoms with Crippen LogP contribution in [-0.4, -0.2) is 9.97 Å². The Balaban J connectivity index is 1.96. The van der Waals surface area contributed by atoms with Gasteiger partial charge in [-0.3, -0.25) is 0 Å². The van der Waals surface area contributed by atoms with Crippen LogP contribution in [0.3, 0.4) is 0 Å². The molecule has 0 aliphatic rings. The van der Waals surface area contributed by atoms with Crippen LogP contribution >= 0.6 is 0 Å². The summed E-state index contributed by atoms with van der Waals surface area (Å²) in [7, 11) is 0. The van der Waals surface area contributed by atoms with Crippen molar-refractivity contribution in [3.8, 4) is 17.3 Å². The van der Waals surface area contributed by atoms with E-state index in [0.717, 1.165) is 22.4 Å². The number of rotatable bonds is 3. The van der Waals surface area contributed by atoms with E-state index >= 15 is 0 Å². The highest BCUT2D eigenvalue weighted by Crippen LogP contribution is 2.23. The summed E-state index contributed by atoms with van der Waals surface area (Å²) in [5, 5.41) is 12.6. The zero-order valence-electron chi connectivity index (χ0n) is 13.0. The van der Waals surface area contributed by atoms with E-state index in [1.807, 2.05) is 56.3 Å². The van der Waals surface area contributed by atoms with E-state index in [9.17, 15) is 5.26 Å². The second kappa shape index (κ2) is 6.29. The molecule has 0 unspecified atom stereocenters. The molecule has 2 aromatic carbocycles. The van der Waals surface area contributed by atoms with E-state index in [0.29, 0.717) is 11.5 Å². The molecule has 0 bridgehead atoms. The van der Waals surface area contributed by atoms with E-state index in [1.54, 1.807) is 6.20 Å². The van der Waals surface area contributed by atoms with Crippen LogP contribution in [0.15, 0.2) is 54.7 Å². The fourth-order valence-electron chi connectivity index (χ4n) is 2.49. The van der Waals surface area contributed by atoms with Crippen molar-refractivity contribution in [2.45, 2.75) is 13.8 Å². The van der Waals surface area contributed by atoms with Crippen molar-refractivity contribution in [2.24, 2.45) is 0 Å². The van der Waals surface area contributed by atoms with Gasteiger partial charge in [-0.25, -0.2) is 9.97 Å². The Bertz CT molecular complexity index is 859. The highest BCUT2D eigenvalue weighted by atomic mass is 15.0. The predicted octanol–water partition coefficient (Wildman–Crippen LogP) is 4.38. The van der Waals surface area contributed by atoms with Crippen molar-refractivity contribution >= 4 is 11.5 Å². The number of nitrogens with one attached hydrogen (secondary N) is 1. The Morgan fingerprint density at radius 2 is 1.70 bits per heavy atom. The third kappa shape index (κ3) is 3.35. The van der Waals surface area contributed by atoms with E-state index < -0.39 is 0 Å². The first-order valence-electron chi connectivity index (χ1n) is 7.33. The first kappa shape index (κ1) is 14.7. The van der Waals surface area contributed by atoms with Gasteiger partial charge in [-0.05, 0) is 37.1 Å². The van der Waals surface area contributed by atoms with E-state index in [2.05, 4.69) is 27.4 Å². The molecule has 0 radical (unpaired) electrons. The number of hydrogen-bond acceptors (Lipinski definition) is 4. The summed E-state index contributed by atoms with van der Waals surface area (Å²) in [4.78, 5) is 8.80. The maximum atomic E-state index is 9.38. The molecule has 1 N–H and O–H groups in total. The van der Waals surface area contributed by atoms with Gasteiger partial charge in [0.2, 0.25) is 0 Å². The lowest BCUT2D eigenvalue weighted by atomic mass is 10.1. The molecule has 0 atom stereocenters. The Labute approximate surface area is 135 Å². The number of nitriles is 1. The zero-order valence-corrected chi connectivity index (χ0v) is 13.0. The minimum absolute atomic E-state index is 0.283. The quantitative estimate of drug-likeness (QED) is 0.780. The van der Waals surface area contributed by atoms with Gasteiger partial charge in [0.05, 0.1) is 11.9 Å². The van der Waals surface area contributed by atoms with Crippen molar-refractivity contribution in [3.63, 3.8) is 0 Å². The van der Waals surface area contributed by atoms with Crippen LogP contribution < -0.4 is 5.32 Å². The lowest BCUT2D eigenvalue weighted by Gasteiger charge is -2.10. The third-order valence-electron chi connectivity index (χ3n) is 3.43. The Morgan fingerprint density at radius 1 is 1.00 bits per heavy atom. The van der Waals surface area contributed by atoms with Crippen LogP contribution in [-0.2, 0) is 0 Å². The number of anilines is 2. The Kier molecular flexibility index (Phi) is 4.03. The molecule has 3 rings (SSSR count). The summed E-state index contributed by atoms with van der Waals surface area (Å²) in [5.74, 6) is 0.470. The summed E-state index contributed by atoms with van der Waals surface area (Å²) in [6.07, 6.45) is 1.68. The summed E-state index contributed by atoms with van der Waals surface area (Å²) in [5.41, 5.74) is 5.12. The summed E-state index contributed by atoms with van der Waals surface area (Å²) in [6.45, 7) is 4.07. The maximum absolute atomic E-state index is 9.38. The molecule has 0 spiro atoms. The standard InChI is InChI=1S/C19H16N4/c1-13-8-14(2)10-16(9-13)22-19-17(11-20)23-18(12-21-19)15-6-4-3-5-7-15/h3-10,12H,1-2H3,(H,21,22). The number of hydrogen-bond donors (Lipinski definition) is 1. The normalized spacial score (nSPS) is 10.1. The first-order chi connectivity index (χ1) is 11.2. The average molecular weight is 300 g/mol. The fraction of sp³-hybridized carbons (Fsp3) is 0.105. The summed E-state index contributed by atoms with van der Waals surface area (Å²) >= 11 is 0. The minimum Gasteiger partial charge on any atom is -0.338 e. The molecule has 0 aliphatic heterocycles. The Morgan fingerprint density at radius 3 is 2.35 bits per heavy atom. The topological polar surface area (TPSA) is 61.6 Å². The second-order valence-corrected chi connectivity index (χ2v) is 5.43. The minimum atomic E-state index is 0.283. The van der Waals surface area contributed by atoms with E-state index in [-0.39, 0.29) is 5.69 Å². The van der Waals surface area contributed by atoms with Gasteiger partial charge >= 0.3 is 0 Å². The zero-order chi connectivity index (χ0) is 16.2. The van der Waals surface area contributed by atoms with Crippen molar-refractivity contribution in [3.05, 3.63) is 71.5 Å². The molecule has 0 saturated carbocycles. The van der Waals surface area contributed by atoms with Crippen molar-refractivity contribution in [1.82, 2.24) is 9.97 Å². The first-order valence-corrected chi connectivity index (χ1v) is 7.33. The molecule has 4 nitrogen and oxygen atoms in total. The summed E-state index contributed by atoms with van der Waals surface area (Å²) < 4.78 is 0. The van der Waals surface area contributed by atoms with Gasteiger partial charge in [-0.15, -0.1) is 0 Å². The van der Waals surface area contributed by atoms with E-state index in [4.69, 9.17) is 0 Å². The predicted molar refractivity (Wildman–Crippen MR) is 91.4 cm³/mol. The van der Waals surface area contributed by atoms with Gasteiger partial charge in [0, 0.05) is 11.3 Å². The molecule has 4 heteroatoms. The second-order valence-electron chi connectivity index (χ2n) is 5.43. The fourth-order valence-corrected chi connectivity index (χ4v) is 2.49. The van der Waals surface area contributed by atoms with Gasteiger partial charge in [0.25, 0.3) is 0 Å². The molecule has 0 amide bonds. The van der Waals surface area contributed by atoms with Gasteiger partial charge in [-0.2, -0.15) is 5.26 Å². The molecule has 0 aliphatic carbocycles. The Hall–Kier alpha value is -3.19. The van der Waals surface area contributed by atoms with Gasteiger partial charge in [0.15, 0.2) is 11.5 Å². The van der Waals surface area contributed by atoms with Crippen LogP contribution in [0, 0.1) is 25.2 Å². The molecular weight excluding hydrogens is 284 g/mol. The summed E-state index contributed by atoms with van der Waals surface area (Å²) in [6, 6.07) is 18.0. The molecule has 3 aromatic rings. The lowest BCUT2D eigenvalue weighted by molar-refractivity contribution is 1.17. The molecule has 0 saturated heterocycles. The van der Waals surface area contributed by atoms with Crippen molar-refractivity contribution < 1.29 is 0 Å². The average Bonchev–Trinajstić information content (AvgIpc) is 2.55. The number of nitrogens with zero attached hydrogens (tertiary/aromatic N) is 3. The van der Waals surface area contributed by atoms with Crippen LogP contribution in [0.4, 0.5) is 11.5 Å². The van der Waals surface area contributed by atoms with Crippen LogP contribution in [0.2, 0.25) is 0 Å².